The van der Waals surface area contributed by atoms with Gasteiger partial charge in [0.2, 0.25) is 5.91 Å². The first-order valence-electron chi connectivity index (χ1n) is 7.40. The number of benzene rings is 1. The number of nitrogens with one attached hydrogen (secondary N) is 1. The fraction of sp³-hybridized carbons (Fsp3) is 0.588. The molecule has 0 heterocycles. The van der Waals surface area contributed by atoms with Crippen molar-refractivity contribution in [1.82, 2.24) is 5.32 Å². The van der Waals surface area contributed by atoms with Crippen LogP contribution in [0.2, 0.25) is 0 Å². The molecule has 2 atom stereocenters. The highest BCUT2D eigenvalue weighted by atomic mass is 16.3. The van der Waals surface area contributed by atoms with E-state index in [0.29, 0.717) is 13.0 Å². The Morgan fingerprint density at radius 1 is 1.30 bits per heavy atom. The van der Waals surface area contributed by atoms with Gasteiger partial charge in [0.25, 0.3) is 0 Å². The van der Waals surface area contributed by atoms with Gasteiger partial charge in [-0.2, -0.15) is 0 Å². The van der Waals surface area contributed by atoms with E-state index < -0.39 is 5.60 Å². The first-order chi connectivity index (χ1) is 9.36. The maximum atomic E-state index is 12.0. The van der Waals surface area contributed by atoms with E-state index in [0.717, 1.165) is 6.42 Å². The molecule has 1 rings (SSSR count). The Balaban J connectivity index is 2.53. The first kappa shape index (κ1) is 16.7. The van der Waals surface area contributed by atoms with Gasteiger partial charge in [-0.3, -0.25) is 4.79 Å². The third kappa shape index (κ3) is 4.97. The van der Waals surface area contributed by atoms with Gasteiger partial charge in [-0.25, -0.2) is 0 Å². The summed E-state index contributed by atoms with van der Waals surface area (Å²) >= 11 is 0. The lowest BCUT2D eigenvalue weighted by atomic mass is 9.91. The number of aliphatic hydroxyl groups is 1. The molecule has 0 radical (unpaired) electrons. The summed E-state index contributed by atoms with van der Waals surface area (Å²) in [6, 6.07) is 10.1. The summed E-state index contributed by atoms with van der Waals surface area (Å²) in [7, 11) is 0. The third-order valence-electron chi connectivity index (χ3n) is 4.08. The summed E-state index contributed by atoms with van der Waals surface area (Å²) in [5, 5.41) is 13.0. The van der Waals surface area contributed by atoms with Crippen LogP contribution in [0.4, 0.5) is 0 Å². The molecule has 0 aliphatic carbocycles. The van der Waals surface area contributed by atoms with Crippen molar-refractivity contribution in [3.05, 3.63) is 35.9 Å². The topological polar surface area (TPSA) is 49.3 Å². The minimum atomic E-state index is -0.857. The minimum absolute atomic E-state index is 0.00151. The summed E-state index contributed by atoms with van der Waals surface area (Å²) in [6.45, 7) is 8.05. The molecule has 0 bridgehead atoms. The second kappa shape index (κ2) is 7.44. The zero-order chi connectivity index (χ0) is 15.2. The van der Waals surface area contributed by atoms with Crippen LogP contribution in [-0.2, 0) is 4.79 Å². The van der Waals surface area contributed by atoms with E-state index in [1.165, 1.54) is 5.56 Å². The van der Waals surface area contributed by atoms with Crippen LogP contribution in [0.15, 0.2) is 30.3 Å². The van der Waals surface area contributed by atoms with Gasteiger partial charge in [0.1, 0.15) is 0 Å². The molecule has 0 fully saturated rings. The van der Waals surface area contributed by atoms with Crippen molar-refractivity contribution in [2.24, 2.45) is 5.92 Å². The smallest absolute Gasteiger partial charge is 0.220 e. The van der Waals surface area contributed by atoms with Crippen LogP contribution in [0.25, 0.3) is 0 Å². The fourth-order valence-electron chi connectivity index (χ4n) is 2.00. The molecule has 1 aromatic carbocycles. The van der Waals surface area contributed by atoms with Crippen molar-refractivity contribution in [2.45, 2.75) is 52.1 Å². The van der Waals surface area contributed by atoms with Crippen molar-refractivity contribution in [1.29, 1.82) is 0 Å². The molecule has 0 aliphatic rings. The van der Waals surface area contributed by atoms with Crippen LogP contribution in [-0.4, -0.2) is 23.2 Å². The molecule has 0 spiro atoms. The summed E-state index contributed by atoms with van der Waals surface area (Å²) in [4.78, 5) is 12.0. The Kier molecular flexibility index (Phi) is 6.21. The van der Waals surface area contributed by atoms with Crippen molar-refractivity contribution in [3.8, 4) is 0 Å². The molecule has 0 saturated heterocycles. The highest BCUT2D eigenvalue weighted by Crippen LogP contribution is 2.23. The maximum Gasteiger partial charge on any atom is 0.220 e. The predicted octanol–water partition coefficient (Wildman–Crippen LogP) is 3.09. The Labute approximate surface area is 122 Å². The lowest BCUT2D eigenvalue weighted by Gasteiger charge is -2.28. The van der Waals surface area contributed by atoms with E-state index in [9.17, 15) is 9.90 Å². The minimum Gasteiger partial charge on any atom is -0.388 e. The standard InChI is InChI=1S/C17H27NO2/c1-5-14(15-9-7-6-8-10-15)11-16(19)18-12-17(4,20)13(2)3/h6-10,13-14,20H,5,11-12H2,1-4H3,(H,18,19). The molecule has 0 aliphatic heterocycles. The largest absolute Gasteiger partial charge is 0.388 e. The highest BCUT2D eigenvalue weighted by Gasteiger charge is 2.25. The van der Waals surface area contributed by atoms with Crippen LogP contribution < -0.4 is 5.32 Å². The molecular weight excluding hydrogens is 250 g/mol. The SMILES string of the molecule is CCC(CC(=O)NCC(C)(O)C(C)C)c1ccccc1. The zero-order valence-corrected chi connectivity index (χ0v) is 13.0. The first-order valence-corrected chi connectivity index (χ1v) is 7.40. The Morgan fingerprint density at radius 2 is 1.90 bits per heavy atom. The molecule has 3 nitrogen and oxygen atoms in total. The number of carbonyl (C=O) groups excluding carboxylic acids is 1. The van der Waals surface area contributed by atoms with Gasteiger partial charge in [0, 0.05) is 13.0 Å². The van der Waals surface area contributed by atoms with Crippen molar-refractivity contribution < 1.29 is 9.90 Å². The summed E-state index contributed by atoms with van der Waals surface area (Å²) in [6.07, 6.45) is 1.40. The monoisotopic (exact) mass is 277 g/mol. The van der Waals surface area contributed by atoms with E-state index >= 15 is 0 Å². The van der Waals surface area contributed by atoms with Gasteiger partial charge < -0.3 is 10.4 Å². The number of carbonyl (C=O) groups is 1. The number of hydrogen-bond acceptors (Lipinski definition) is 2. The Bertz CT molecular complexity index is 412. The van der Waals surface area contributed by atoms with Crippen molar-refractivity contribution in [3.63, 3.8) is 0 Å². The maximum absolute atomic E-state index is 12.0. The molecular formula is C17H27NO2. The van der Waals surface area contributed by atoms with Crippen LogP contribution in [0.1, 0.15) is 52.0 Å². The molecule has 1 aromatic rings. The van der Waals surface area contributed by atoms with Gasteiger partial charge in [-0.1, -0.05) is 51.1 Å². The van der Waals surface area contributed by atoms with Crippen LogP contribution in [0.5, 0.6) is 0 Å². The molecule has 2 N–H and O–H groups in total. The fourth-order valence-corrected chi connectivity index (χ4v) is 2.00. The molecule has 2 unspecified atom stereocenters. The molecule has 3 heteroatoms. The van der Waals surface area contributed by atoms with E-state index in [-0.39, 0.29) is 17.7 Å². The zero-order valence-electron chi connectivity index (χ0n) is 13.0. The quantitative estimate of drug-likeness (QED) is 0.804. The molecule has 20 heavy (non-hydrogen) atoms. The lowest BCUT2D eigenvalue weighted by Crippen LogP contribution is -2.44. The van der Waals surface area contributed by atoms with Gasteiger partial charge >= 0.3 is 0 Å². The predicted molar refractivity (Wildman–Crippen MR) is 82.6 cm³/mol. The van der Waals surface area contributed by atoms with Crippen LogP contribution in [0.3, 0.4) is 0 Å². The third-order valence-corrected chi connectivity index (χ3v) is 4.08. The van der Waals surface area contributed by atoms with E-state index in [2.05, 4.69) is 24.4 Å². The summed E-state index contributed by atoms with van der Waals surface area (Å²) in [5.41, 5.74) is 0.338. The second-order valence-electron chi connectivity index (χ2n) is 6.01. The van der Waals surface area contributed by atoms with Crippen LogP contribution >= 0.6 is 0 Å². The van der Waals surface area contributed by atoms with Gasteiger partial charge in [-0.15, -0.1) is 0 Å². The number of hydrogen-bond donors (Lipinski definition) is 2. The molecule has 1 amide bonds. The van der Waals surface area contributed by atoms with Gasteiger partial charge in [0.05, 0.1) is 5.60 Å². The molecule has 112 valence electrons. The van der Waals surface area contributed by atoms with E-state index in [1.807, 2.05) is 32.0 Å². The van der Waals surface area contributed by atoms with Crippen molar-refractivity contribution in [2.75, 3.05) is 6.54 Å². The number of rotatable bonds is 7. The Morgan fingerprint density at radius 3 is 2.40 bits per heavy atom. The summed E-state index contributed by atoms with van der Waals surface area (Å²) in [5.74, 6) is 0.348. The van der Waals surface area contributed by atoms with E-state index in [1.54, 1.807) is 6.92 Å². The lowest BCUT2D eigenvalue weighted by molar-refractivity contribution is -0.123. The van der Waals surface area contributed by atoms with Crippen molar-refractivity contribution >= 4 is 5.91 Å². The average molecular weight is 277 g/mol. The van der Waals surface area contributed by atoms with Crippen LogP contribution in [0, 0.1) is 5.92 Å². The highest BCUT2D eigenvalue weighted by molar-refractivity contribution is 5.77. The molecule has 0 saturated carbocycles. The Hall–Kier alpha value is -1.35. The number of amides is 1. The van der Waals surface area contributed by atoms with Gasteiger partial charge in [-0.05, 0) is 30.7 Å². The van der Waals surface area contributed by atoms with Gasteiger partial charge in [0.15, 0.2) is 0 Å². The average Bonchev–Trinajstić information content (AvgIpc) is 2.43. The molecule has 0 aromatic heterocycles. The summed E-state index contributed by atoms with van der Waals surface area (Å²) < 4.78 is 0. The normalized spacial score (nSPS) is 15.7. The van der Waals surface area contributed by atoms with E-state index in [4.69, 9.17) is 0 Å². The second-order valence-corrected chi connectivity index (χ2v) is 6.01.